The molecule has 0 radical (unpaired) electrons. The van der Waals surface area contributed by atoms with E-state index in [9.17, 15) is 0 Å². The van der Waals surface area contributed by atoms with Crippen molar-refractivity contribution in [1.29, 1.82) is 0 Å². The highest BCUT2D eigenvalue weighted by molar-refractivity contribution is 4.90. The average Bonchev–Trinajstić information content (AvgIpc) is 2.89. The number of nitrogens with one attached hydrogen (secondary N) is 1. The van der Waals surface area contributed by atoms with Gasteiger partial charge in [-0.25, -0.2) is 0 Å². The second-order valence-electron chi connectivity index (χ2n) is 5.70. The highest BCUT2D eigenvalue weighted by atomic mass is 16.5. The van der Waals surface area contributed by atoms with Crippen molar-refractivity contribution in [2.45, 2.75) is 58.1 Å². The van der Waals surface area contributed by atoms with Gasteiger partial charge < -0.3 is 14.8 Å². The second kappa shape index (κ2) is 7.46. The summed E-state index contributed by atoms with van der Waals surface area (Å²) >= 11 is 0. The van der Waals surface area contributed by atoms with Crippen LogP contribution in [0.1, 0.15) is 46.0 Å². The van der Waals surface area contributed by atoms with Gasteiger partial charge in [0.05, 0.1) is 6.10 Å². The van der Waals surface area contributed by atoms with Gasteiger partial charge in [-0.15, -0.1) is 0 Å². The molecule has 106 valence electrons. The third-order valence-electron chi connectivity index (χ3n) is 4.53. The second-order valence-corrected chi connectivity index (χ2v) is 5.70. The molecule has 0 amide bonds. The number of hydrogen-bond acceptors (Lipinski definition) is 3. The zero-order chi connectivity index (χ0) is 12.8. The fourth-order valence-corrected chi connectivity index (χ4v) is 3.55. The topological polar surface area (TPSA) is 30.5 Å². The summed E-state index contributed by atoms with van der Waals surface area (Å²) in [6.07, 6.45) is 6.50. The Morgan fingerprint density at radius 1 is 1.11 bits per heavy atom. The van der Waals surface area contributed by atoms with Crippen LogP contribution in [-0.2, 0) is 9.47 Å². The Morgan fingerprint density at radius 2 is 1.89 bits per heavy atom. The molecule has 3 nitrogen and oxygen atoms in total. The molecule has 3 heteroatoms. The maximum absolute atomic E-state index is 5.90. The quantitative estimate of drug-likeness (QED) is 0.791. The Bertz CT molecular complexity index is 229. The van der Waals surface area contributed by atoms with E-state index in [1.165, 1.54) is 25.7 Å². The number of ether oxygens (including phenoxy) is 2. The summed E-state index contributed by atoms with van der Waals surface area (Å²) in [6, 6.07) is 0.640. The Labute approximate surface area is 112 Å². The van der Waals surface area contributed by atoms with Gasteiger partial charge in [0.25, 0.3) is 0 Å². The van der Waals surface area contributed by atoms with Crippen LogP contribution in [0, 0.1) is 11.8 Å². The first-order valence-electron chi connectivity index (χ1n) is 7.79. The monoisotopic (exact) mass is 255 g/mol. The minimum Gasteiger partial charge on any atom is -0.381 e. The van der Waals surface area contributed by atoms with Gasteiger partial charge in [-0.1, -0.05) is 13.8 Å². The lowest BCUT2D eigenvalue weighted by Crippen LogP contribution is -2.47. The molecule has 0 saturated carbocycles. The summed E-state index contributed by atoms with van der Waals surface area (Å²) in [5.74, 6) is 1.50. The van der Waals surface area contributed by atoms with Crippen molar-refractivity contribution in [2.24, 2.45) is 11.8 Å². The Balaban J connectivity index is 1.98. The van der Waals surface area contributed by atoms with Crippen LogP contribution in [0.5, 0.6) is 0 Å². The van der Waals surface area contributed by atoms with E-state index in [1.54, 1.807) is 0 Å². The lowest BCUT2D eigenvalue weighted by molar-refractivity contribution is 0.0266. The van der Waals surface area contributed by atoms with Gasteiger partial charge in [0.2, 0.25) is 0 Å². The zero-order valence-corrected chi connectivity index (χ0v) is 12.0. The summed E-state index contributed by atoms with van der Waals surface area (Å²) in [7, 11) is 0. The molecular formula is C15H29NO2. The largest absolute Gasteiger partial charge is 0.381 e. The number of hydrogen-bond donors (Lipinski definition) is 1. The third-order valence-corrected chi connectivity index (χ3v) is 4.53. The summed E-state index contributed by atoms with van der Waals surface area (Å²) in [4.78, 5) is 0. The fourth-order valence-electron chi connectivity index (χ4n) is 3.55. The predicted octanol–water partition coefficient (Wildman–Crippen LogP) is 2.60. The first-order chi connectivity index (χ1) is 8.86. The molecule has 2 aliphatic rings. The molecule has 0 aromatic rings. The standard InChI is InChI=1S/C15H29NO2/c1-3-8-16-15(12-5-9-17-10-6-12)13-7-11-18-14(13)4-2/h12-16H,3-11H2,1-2H3. The van der Waals surface area contributed by atoms with Crippen molar-refractivity contribution >= 4 is 0 Å². The van der Waals surface area contributed by atoms with Crippen molar-refractivity contribution in [2.75, 3.05) is 26.4 Å². The molecule has 3 unspecified atom stereocenters. The fraction of sp³-hybridized carbons (Fsp3) is 1.00. The van der Waals surface area contributed by atoms with Gasteiger partial charge in [-0.3, -0.25) is 0 Å². The molecule has 0 aromatic heterocycles. The molecule has 0 bridgehead atoms. The van der Waals surface area contributed by atoms with Crippen LogP contribution in [0.2, 0.25) is 0 Å². The van der Waals surface area contributed by atoms with Gasteiger partial charge in [0, 0.05) is 31.8 Å². The van der Waals surface area contributed by atoms with Crippen molar-refractivity contribution in [3.8, 4) is 0 Å². The van der Waals surface area contributed by atoms with Gasteiger partial charge in [0.15, 0.2) is 0 Å². The predicted molar refractivity (Wildman–Crippen MR) is 73.8 cm³/mol. The van der Waals surface area contributed by atoms with Crippen molar-refractivity contribution in [3.05, 3.63) is 0 Å². The van der Waals surface area contributed by atoms with E-state index in [4.69, 9.17) is 9.47 Å². The van der Waals surface area contributed by atoms with Crippen molar-refractivity contribution in [1.82, 2.24) is 5.32 Å². The smallest absolute Gasteiger partial charge is 0.0616 e. The molecule has 2 rings (SSSR count). The van der Waals surface area contributed by atoms with E-state index < -0.39 is 0 Å². The van der Waals surface area contributed by atoms with E-state index in [1.807, 2.05) is 0 Å². The Kier molecular flexibility index (Phi) is 5.93. The summed E-state index contributed by atoms with van der Waals surface area (Å²) in [5, 5.41) is 3.81. The molecule has 18 heavy (non-hydrogen) atoms. The van der Waals surface area contributed by atoms with E-state index in [0.29, 0.717) is 18.1 Å². The van der Waals surface area contributed by atoms with Crippen molar-refractivity contribution in [3.63, 3.8) is 0 Å². The molecule has 3 atom stereocenters. The van der Waals surface area contributed by atoms with E-state index in [2.05, 4.69) is 19.2 Å². The van der Waals surface area contributed by atoms with E-state index >= 15 is 0 Å². The third kappa shape index (κ3) is 3.46. The molecular weight excluding hydrogens is 226 g/mol. The molecule has 2 saturated heterocycles. The molecule has 1 N–H and O–H groups in total. The van der Waals surface area contributed by atoms with Crippen LogP contribution in [-0.4, -0.2) is 38.5 Å². The molecule has 0 aromatic carbocycles. The first-order valence-corrected chi connectivity index (χ1v) is 7.79. The first kappa shape index (κ1) is 14.3. The highest BCUT2D eigenvalue weighted by Gasteiger charge is 2.37. The van der Waals surface area contributed by atoms with Gasteiger partial charge >= 0.3 is 0 Å². The van der Waals surface area contributed by atoms with Crippen molar-refractivity contribution < 1.29 is 9.47 Å². The van der Waals surface area contributed by atoms with Crippen LogP contribution in [0.15, 0.2) is 0 Å². The normalized spacial score (nSPS) is 31.7. The maximum Gasteiger partial charge on any atom is 0.0616 e. The summed E-state index contributed by atoms with van der Waals surface area (Å²) in [6.45, 7) is 8.48. The minimum absolute atomic E-state index is 0.474. The van der Waals surface area contributed by atoms with Gasteiger partial charge in [-0.05, 0) is 44.6 Å². The maximum atomic E-state index is 5.90. The van der Waals surface area contributed by atoms with Crippen LogP contribution < -0.4 is 5.32 Å². The molecule has 0 spiro atoms. The lowest BCUT2D eigenvalue weighted by Gasteiger charge is -2.36. The zero-order valence-electron chi connectivity index (χ0n) is 12.0. The molecule has 2 aliphatic heterocycles. The Hall–Kier alpha value is -0.120. The van der Waals surface area contributed by atoms with Gasteiger partial charge in [-0.2, -0.15) is 0 Å². The van der Waals surface area contributed by atoms with Crippen LogP contribution in [0.4, 0.5) is 0 Å². The lowest BCUT2D eigenvalue weighted by atomic mass is 9.79. The molecule has 2 heterocycles. The minimum atomic E-state index is 0.474. The van der Waals surface area contributed by atoms with E-state index in [0.717, 1.165) is 38.7 Å². The van der Waals surface area contributed by atoms with Crippen LogP contribution in [0.25, 0.3) is 0 Å². The summed E-state index contributed by atoms with van der Waals surface area (Å²) in [5.41, 5.74) is 0. The summed E-state index contributed by atoms with van der Waals surface area (Å²) < 4.78 is 11.4. The van der Waals surface area contributed by atoms with Crippen LogP contribution >= 0.6 is 0 Å². The van der Waals surface area contributed by atoms with E-state index in [-0.39, 0.29) is 0 Å². The highest BCUT2D eigenvalue weighted by Crippen LogP contribution is 2.33. The van der Waals surface area contributed by atoms with Gasteiger partial charge in [0.1, 0.15) is 0 Å². The Morgan fingerprint density at radius 3 is 2.56 bits per heavy atom. The SMILES string of the molecule is CCCNC(C1CCOCC1)C1CCOC1CC. The molecule has 0 aliphatic carbocycles. The average molecular weight is 255 g/mol. The molecule has 2 fully saturated rings. The number of rotatable bonds is 6. The van der Waals surface area contributed by atoms with Crippen LogP contribution in [0.3, 0.4) is 0 Å².